The molecule has 1 rings (SSSR count). The minimum atomic E-state index is -0.0488. The van der Waals surface area contributed by atoms with Crippen molar-refractivity contribution in [1.29, 1.82) is 0 Å². The summed E-state index contributed by atoms with van der Waals surface area (Å²) < 4.78 is 5.91. The standard InChI is InChI=1S/C8H8BrO2/c1-6(10)11-8-4-2-7(9)3-5-8/h2-5,10H,1H3. The Bertz CT molecular complexity index is 218. The van der Waals surface area contributed by atoms with Gasteiger partial charge in [-0.05, 0) is 24.3 Å². The van der Waals surface area contributed by atoms with Crippen LogP contribution in [0.1, 0.15) is 6.92 Å². The van der Waals surface area contributed by atoms with Crippen LogP contribution >= 0.6 is 15.9 Å². The highest BCUT2D eigenvalue weighted by Gasteiger charge is 1.98. The van der Waals surface area contributed by atoms with Gasteiger partial charge in [0, 0.05) is 11.4 Å². The first-order valence-corrected chi connectivity index (χ1v) is 3.94. The normalized spacial score (nSPS) is 10.2. The summed E-state index contributed by atoms with van der Waals surface area (Å²) in [4.78, 5) is 0. The minimum Gasteiger partial charge on any atom is -0.456 e. The second kappa shape index (κ2) is 3.74. The predicted molar refractivity (Wildman–Crippen MR) is 45.6 cm³/mol. The number of hydrogen-bond acceptors (Lipinski definition) is 2. The first-order valence-electron chi connectivity index (χ1n) is 3.14. The van der Waals surface area contributed by atoms with Crippen LogP contribution in [0.4, 0.5) is 0 Å². The van der Waals surface area contributed by atoms with Gasteiger partial charge in [0.1, 0.15) is 5.75 Å². The van der Waals surface area contributed by atoms with E-state index in [4.69, 9.17) is 9.84 Å². The van der Waals surface area contributed by atoms with Crippen molar-refractivity contribution in [3.8, 4) is 5.75 Å². The second-order valence-electron chi connectivity index (χ2n) is 2.08. The third-order valence-corrected chi connectivity index (χ3v) is 1.61. The Kier molecular flexibility index (Phi) is 2.91. The largest absolute Gasteiger partial charge is 0.456 e. The third kappa shape index (κ3) is 2.91. The van der Waals surface area contributed by atoms with Crippen LogP contribution in [0.2, 0.25) is 0 Å². The van der Waals surface area contributed by atoms with Crippen LogP contribution in [0.5, 0.6) is 5.75 Å². The quantitative estimate of drug-likeness (QED) is 0.823. The van der Waals surface area contributed by atoms with Crippen LogP contribution in [-0.2, 0) is 0 Å². The van der Waals surface area contributed by atoms with Gasteiger partial charge in [0.25, 0.3) is 6.29 Å². The lowest BCUT2D eigenvalue weighted by Crippen LogP contribution is -1.99. The van der Waals surface area contributed by atoms with Gasteiger partial charge in [0.05, 0.1) is 0 Å². The molecule has 0 amide bonds. The van der Waals surface area contributed by atoms with E-state index in [1.807, 2.05) is 12.1 Å². The van der Waals surface area contributed by atoms with Gasteiger partial charge in [0.15, 0.2) is 0 Å². The zero-order valence-corrected chi connectivity index (χ0v) is 7.63. The lowest BCUT2D eigenvalue weighted by atomic mass is 10.3. The minimum absolute atomic E-state index is 0.0488. The molecule has 3 heteroatoms. The van der Waals surface area contributed by atoms with E-state index in [9.17, 15) is 0 Å². The molecule has 0 fully saturated rings. The van der Waals surface area contributed by atoms with Gasteiger partial charge < -0.3 is 9.84 Å². The van der Waals surface area contributed by atoms with Gasteiger partial charge in [-0.3, -0.25) is 0 Å². The lowest BCUT2D eigenvalue weighted by molar-refractivity contribution is 0.114. The van der Waals surface area contributed by atoms with Crippen LogP contribution in [0, 0.1) is 6.29 Å². The summed E-state index contributed by atoms with van der Waals surface area (Å²) in [5.41, 5.74) is 0. The predicted octanol–water partition coefficient (Wildman–Crippen LogP) is 2.71. The van der Waals surface area contributed by atoms with Gasteiger partial charge in [-0.1, -0.05) is 15.9 Å². The van der Waals surface area contributed by atoms with Gasteiger partial charge in [-0.15, -0.1) is 0 Å². The molecular formula is C8H8BrO2. The van der Waals surface area contributed by atoms with Gasteiger partial charge in [-0.25, -0.2) is 0 Å². The SMILES string of the molecule is C[C](O)Oc1ccc(Br)cc1. The van der Waals surface area contributed by atoms with Crippen LogP contribution < -0.4 is 4.74 Å². The average Bonchev–Trinajstić information content (AvgIpc) is 1.93. The van der Waals surface area contributed by atoms with Gasteiger partial charge in [0.2, 0.25) is 0 Å². The fourth-order valence-electron chi connectivity index (χ4n) is 0.673. The third-order valence-electron chi connectivity index (χ3n) is 1.08. The summed E-state index contributed by atoms with van der Waals surface area (Å²) in [6.45, 7) is 1.49. The maximum atomic E-state index is 8.76. The molecule has 59 valence electrons. The summed E-state index contributed by atoms with van der Waals surface area (Å²) in [7, 11) is 0. The van der Waals surface area contributed by atoms with Crippen molar-refractivity contribution in [2.24, 2.45) is 0 Å². The molecule has 1 radical (unpaired) electrons. The Morgan fingerprint density at radius 3 is 2.36 bits per heavy atom. The van der Waals surface area contributed by atoms with Gasteiger partial charge in [-0.2, -0.15) is 0 Å². The topological polar surface area (TPSA) is 29.5 Å². The summed E-state index contributed by atoms with van der Waals surface area (Å²) >= 11 is 3.29. The van der Waals surface area contributed by atoms with Crippen molar-refractivity contribution < 1.29 is 9.84 Å². The second-order valence-corrected chi connectivity index (χ2v) is 2.99. The molecule has 0 saturated carbocycles. The van der Waals surface area contributed by atoms with Crippen molar-refractivity contribution in [1.82, 2.24) is 0 Å². The highest BCUT2D eigenvalue weighted by Crippen LogP contribution is 2.17. The molecule has 2 nitrogen and oxygen atoms in total. The molecule has 0 unspecified atom stereocenters. The zero-order valence-electron chi connectivity index (χ0n) is 6.04. The maximum absolute atomic E-state index is 8.76. The number of halogens is 1. The van der Waals surface area contributed by atoms with Crippen LogP contribution in [0.15, 0.2) is 28.7 Å². The summed E-state index contributed by atoms with van der Waals surface area (Å²) in [5.74, 6) is 0.633. The molecule has 0 atom stereocenters. The summed E-state index contributed by atoms with van der Waals surface area (Å²) in [6, 6.07) is 7.23. The van der Waals surface area contributed by atoms with Crippen LogP contribution in [0.3, 0.4) is 0 Å². The first kappa shape index (κ1) is 8.56. The average molecular weight is 216 g/mol. The zero-order chi connectivity index (χ0) is 8.27. The van der Waals surface area contributed by atoms with Crippen molar-refractivity contribution in [2.75, 3.05) is 0 Å². The molecule has 0 aromatic heterocycles. The number of ether oxygens (including phenoxy) is 1. The van der Waals surface area contributed by atoms with Crippen molar-refractivity contribution >= 4 is 15.9 Å². The number of rotatable bonds is 2. The van der Waals surface area contributed by atoms with Crippen LogP contribution in [-0.4, -0.2) is 5.11 Å². The molecule has 0 aliphatic heterocycles. The molecule has 0 saturated heterocycles. The number of aliphatic hydroxyl groups is 1. The Morgan fingerprint density at radius 1 is 1.36 bits per heavy atom. The van der Waals surface area contributed by atoms with E-state index in [-0.39, 0.29) is 6.29 Å². The number of hydrogen-bond donors (Lipinski definition) is 1. The van der Waals surface area contributed by atoms with Crippen molar-refractivity contribution in [3.63, 3.8) is 0 Å². The molecule has 0 bridgehead atoms. The molecule has 11 heavy (non-hydrogen) atoms. The van der Waals surface area contributed by atoms with E-state index in [2.05, 4.69) is 15.9 Å². The Labute approximate surface area is 73.9 Å². The summed E-state index contributed by atoms with van der Waals surface area (Å²) in [6.07, 6.45) is -0.0488. The molecular weight excluding hydrogens is 208 g/mol. The fraction of sp³-hybridized carbons (Fsp3) is 0.125. The van der Waals surface area contributed by atoms with Crippen molar-refractivity contribution in [2.45, 2.75) is 6.92 Å². The molecule has 1 N–H and O–H groups in total. The highest BCUT2D eigenvalue weighted by molar-refractivity contribution is 9.10. The Balaban J connectivity index is 2.66. The molecule has 0 aliphatic carbocycles. The van der Waals surface area contributed by atoms with E-state index < -0.39 is 0 Å². The van der Waals surface area contributed by atoms with Gasteiger partial charge >= 0.3 is 0 Å². The van der Waals surface area contributed by atoms with Crippen molar-refractivity contribution in [3.05, 3.63) is 35.0 Å². The lowest BCUT2D eigenvalue weighted by Gasteiger charge is -2.05. The van der Waals surface area contributed by atoms with E-state index in [1.54, 1.807) is 12.1 Å². The van der Waals surface area contributed by atoms with E-state index >= 15 is 0 Å². The Hall–Kier alpha value is -0.540. The molecule has 0 spiro atoms. The van der Waals surface area contributed by atoms with E-state index in [0.717, 1.165) is 4.47 Å². The smallest absolute Gasteiger partial charge is 0.270 e. The van der Waals surface area contributed by atoms with E-state index in [0.29, 0.717) is 5.75 Å². The Morgan fingerprint density at radius 2 is 1.91 bits per heavy atom. The molecule has 1 aromatic carbocycles. The maximum Gasteiger partial charge on any atom is 0.270 e. The molecule has 0 aliphatic rings. The summed E-state index contributed by atoms with van der Waals surface area (Å²) in [5, 5.41) is 8.76. The first-order chi connectivity index (χ1) is 5.18. The monoisotopic (exact) mass is 215 g/mol. The molecule has 0 heterocycles. The highest BCUT2D eigenvalue weighted by atomic mass is 79.9. The number of aliphatic hydroxyl groups excluding tert-OH is 1. The van der Waals surface area contributed by atoms with Crippen LogP contribution in [0.25, 0.3) is 0 Å². The fourth-order valence-corrected chi connectivity index (χ4v) is 0.938. The van der Waals surface area contributed by atoms with E-state index in [1.165, 1.54) is 6.92 Å². The number of benzene rings is 1. The molecule has 1 aromatic rings.